The van der Waals surface area contributed by atoms with Gasteiger partial charge in [-0.15, -0.1) is 11.8 Å². The van der Waals surface area contributed by atoms with Gasteiger partial charge in [-0.05, 0) is 129 Å². The number of ether oxygens (including phenoxy) is 4. The van der Waals surface area contributed by atoms with Crippen LogP contribution in [0, 0.1) is 10.8 Å². The minimum absolute atomic E-state index is 0.156. The van der Waals surface area contributed by atoms with E-state index in [0.29, 0.717) is 42.3 Å². The van der Waals surface area contributed by atoms with E-state index in [1.54, 1.807) is 7.11 Å². The van der Waals surface area contributed by atoms with Crippen LogP contribution in [0.5, 0.6) is 23.0 Å². The molecule has 5 aromatic carbocycles. The SMILES string of the molecule is COc1ccc(C2(c3ccc(OCN=[N+]=[N-])cc3)C=Cc3c4c(c5cc(SC)c(OCN=[N+]=[N-])cc5c3O2)-c2ccccc2C42CC(C)(CN=[N+]=[N-])CC(C)(CN=[N+]=[N-])C2)cc1. The van der Waals surface area contributed by atoms with Crippen molar-refractivity contribution in [3.05, 3.63) is 161 Å². The van der Waals surface area contributed by atoms with Crippen molar-refractivity contribution in [2.45, 2.75) is 49.0 Å². The Kier molecular flexibility index (Phi) is 11.2. The molecule has 1 saturated carbocycles. The number of methoxy groups -OCH3 is 1. The number of hydrogen-bond acceptors (Lipinski definition) is 9. The molecule has 3 atom stereocenters. The largest absolute Gasteiger partial charge is 0.497 e. The molecule has 1 fully saturated rings. The molecule has 17 heteroatoms. The fraction of sp³-hybridized carbons (Fsp3) is 0.333. The van der Waals surface area contributed by atoms with Gasteiger partial charge in [-0.3, -0.25) is 0 Å². The molecule has 3 unspecified atom stereocenters. The van der Waals surface area contributed by atoms with E-state index in [1.165, 1.54) is 11.8 Å². The fourth-order valence-corrected chi connectivity index (χ4v) is 11.0. The average Bonchev–Trinajstić information content (AvgIpc) is 3.55. The second-order valence-corrected chi connectivity index (χ2v) is 17.4. The molecule has 8 rings (SSSR count). The molecule has 0 amide bonds. The van der Waals surface area contributed by atoms with Crippen LogP contribution in [0.1, 0.15) is 60.9 Å². The molecule has 2 aliphatic carbocycles. The lowest BCUT2D eigenvalue weighted by atomic mass is 9.51. The lowest BCUT2D eigenvalue weighted by Gasteiger charge is -2.54. The first-order chi connectivity index (χ1) is 30.1. The van der Waals surface area contributed by atoms with Gasteiger partial charge < -0.3 is 18.9 Å². The Labute approximate surface area is 361 Å². The van der Waals surface area contributed by atoms with E-state index in [1.807, 2.05) is 60.9 Å². The van der Waals surface area contributed by atoms with Crippen LogP contribution in [0.15, 0.2) is 116 Å². The minimum Gasteiger partial charge on any atom is -0.497 e. The maximum absolute atomic E-state index is 9.60. The van der Waals surface area contributed by atoms with Crippen molar-refractivity contribution >= 4 is 28.6 Å². The van der Waals surface area contributed by atoms with Gasteiger partial charge >= 0.3 is 0 Å². The first-order valence-corrected chi connectivity index (χ1v) is 21.1. The minimum atomic E-state index is -1.18. The summed E-state index contributed by atoms with van der Waals surface area (Å²) in [5.74, 6) is 2.36. The van der Waals surface area contributed by atoms with Gasteiger partial charge in [-0.2, -0.15) is 0 Å². The number of rotatable bonds is 14. The summed E-state index contributed by atoms with van der Waals surface area (Å²) in [4.78, 5) is 13.0. The molecular weight excluding hydrogens is 805 g/mol. The van der Waals surface area contributed by atoms with Crippen molar-refractivity contribution in [2.24, 2.45) is 31.3 Å². The van der Waals surface area contributed by atoms with Gasteiger partial charge in [0.15, 0.2) is 19.1 Å². The lowest BCUT2D eigenvalue weighted by molar-refractivity contribution is 0.0500. The van der Waals surface area contributed by atoms with Gasteiger partial charge in [0, 0.05) is 65.1 Å². The Morgan fingerprint density at radius 3 is 1.90 bits per heavy atom. The molecule has 0 bridgehead atoms. The van der Waals surface area contributed by atoms with Gasteiger partial charge in [0.2, 0.25) is 0 Å². The summed E-state index contributed by atoms with van der Waals surface area (Å²) >= 11 is 1.52. The van der Waals surface area contributed by atoms with Gasteiger partial charge in [-0.1, -0.05) is 88.9 Å². The molecule has 0 aromatic heterocycles. The van der Waals surface area contributed by atoms with Gasteiger partial charge in [-0.25, -0.2) is 0 Å². The Morgan fingerprint density at radius 2 is 1.31 bits per heavy atom. The second-order valence-electron chi connectivity index (χ2n) is 16.5. The van der Waals surface area contributed by atoms with Crippen molar-refractivity contribution in [3.63, 3.8) is 0 Å². The zero-order valence-corrected chi connectivity index (χ0v) is 35.4. The summed E-state index contributed by atoms with van der Waals surface area (Å²) in [6, 6.07) is 27.9. The Morgan fingerprint density at radius 1 is 0.710 bits per heavy atom. The second kappa shape index (κ2) is 16.7. The molecular formula is C45H42N12O4S. The van der Waals surface area contributed by atoms with Crippen LogP contribution in [0.3, 0.4) is 0 Å². The Balaban J connectivity index is 1.46. The molecule has 16 nitrogen and oxygen atoms in total. The van der Waals surface area contributed by atoms with Gasteiger partial charge in [0.05, 0.1) is 7.11 Å². The van der Waals surface area contributed by atoms with Crippen molar-refractivity contribution in [3.8, 4) is 34.1 Å². The summed E-state index contributed by atoms with van der Waals surface area (Å²) < 4.78 is 25.0. The number of nitrogens with zero attached hydrogens (tertiary/aromatic N) is 12. The highest BCUT2D eigenvalue weighted by Gasteiger charge is 2.57. The first-order valence-electron chi connectivity index (χ1n) is 19.8. The number of azide groups is 4. The molecule has 1 heterocycles. The van der Waals surface area contributed by atoms with Crippen LogP contribution >= 0.6 is 11.8 Å². The summed E-state index contributed by atoms with van der Waals surface area (Å²) in [7, 11) is 1.62. The predicted octanol–water partition coefficient (Wildman–Crippen LogP) is 13.3. The topological polar surface area (TPSA) is 232 Å². The zero-order chi connectivity index (χ0) is 43.5. The summed E-state index contributed by atoms with van der Waals surface area (Å²) in [5, 5.41) is 17.2. The summed E-state index contributed by atoms with van der Waals surface area (Å²) in [6.45, 7) is 4.52. The van der Waals surface area contributed by atoms with Crippen LogP contribution in [0.2, 0.25) is 0 Å². The number of benzene rings is 5. The third kappa shape index (κ3) is 7.17. The third-order valence-electron chi connectivity index (χ3n) is 12.4. The molecule has 312 valence electrons. The third-order valence-corrected chi connectivity index (χ3v) is 13.1. The van der Waals surface area contributed by atoms with Gasteiger partial charge in [0.25, 0.3) is 0 Å². The summed E-state index contributed by atoms with van der Waals surface area (Å²) in [5.41, 5.74) is 41.3. The highest BCUT2D eigenvalue weighted by molar-refractivity contribution is 7.98. The molecule has 1 aliphatic heterocycles. The van der Waals surface area contributed by atoms with Crippen LogP contribution in [-0.4, -0.2) is 39.9 Å². The van der Waals surface area contributed by atoms with Crippen molar-refractivity contribution in [1.29, 1.82) is 0 Å². The van der Waals surface area contributed by atoms with Crippen molar-refractivity contribution < 1.29 is 18.9 Å². The Hall–Kier alpha value is -7.11. The van der Waals surface area contributed by atoms with Gasteiger partial charge in [0.1, 0.15) is 23.0 Å². The maximum Gasteiger partial charge on any atom is 0.178 e. The molecule has 62 heavy (non-hydrogen) atoms. The number of thioether (sulfide) groups is 1. The van der Waals surface area contributed by atoms with Crippen LogP contribution in [0.25, 0.3) is 69.7 Å². The predicted molar refractivity (Wildman–Crippen MR) is 239 cm³/mol. The number of hydrogen-bond donors (Lipinski definition) is 0. The molecule has 3 aliphatic rings. The molecule has 5 aromatic rings. The first kappa shape index (κ1) is 41.6. The standard InChI is InChI=1S/C45H42N12O4S/c1-42(24-50-54-46)21-43(2,25-51-55-47)23-44(22-42)36-8-6-5-7-32(36)39-34-20-38(62-4)37(60-27-53-57-49)19-35(34)41-33(40(39)44)17-18-45(61-41,28-9-13-30(58-3)14-10-28)29-11-15-31(16-12-29)59-26-52-56-48/h5-20H,21-27H2,1-4H3. The highest BCUT2D eigenvalue weighted by atomic mass is 32.2. The molecule has 1 spiro atoms. The van der Waals surface area contributed by atoms with Crippen molar-refractivity contribution in [2.75, 3.05) is 39.9 Å². The average molecular weight is 847 g/mol. The number of fused-ring (bicyclic) bond motifs is 10. The molecule has 0 radical (unpaired) electrons. The van der Waals surface area contributed by atoms with Crippen LogP contribution < -0.4 is 18.9 Å². The quantitative estimate of drug-likeness (QED) is 0.0458. The monoisotopic (exact) mass is 846 g/mol. The smallest absolute Gasteiger partial charge is 0.178 e. The fourth-order valence-electron chi connectivity index (χ4n) is 10.5. The van der Waals surface area contributed by atoms with E-state index in [-0.39, 0.29) is 26.6 Å². The van der Waals surface area contributed by atoms with Crippen LogP contribution in [0.4, 0.5) is 0 Å². The lowest BCUT2D eigenvalue weighted by Crippen LogP contribution is -2.48. The van der Waals surface area contributed by atoms with Crippen LogP contribution in [-0.2, 0) is 11.0 Å². The highest BCUT2D eigenvalue weighted by Crippen LogP contribution is 2.67. The van der Waals surface area contributed by atoms with E-state index < -0.39 is 21.8 Å². The van der Waals surface area contributed by atoms with E-state index in [9.17, 15) is 11.1 Å². The summed E-state index contributed by atoms with van der Waals surface area (Å²) in [6.07, 6.45) is 8.23. The van der Waals surface area contributed by atoms with Crippen molar-refractivity contribution in [1.82, 2.24) is 0 Å². The normalized spacial score (nSPS) is 22.6. The maximum atomic E-state index is 9.60. The van der Waals surface area contributed by atoms with E-state index >= 15 is 0 Å². The molecule has 0 N–H and O–H groups in total. The van der Waals surface area contributed by atoms with E-state index in [0.717, 1.165) is 54.6 Å². The van der Waals surface area contributed by atoms with E-state index in [4.69, 9.17) is 30.0 Å². The molecule has 0 saturated heterocycles. The van der Waals surface area contributed by atoms with E-state index in [2.05, 4.69) is 96.4 Å². The Bertz CT molecular complexity index is 2780. The zero-order valence-electron chi connectivity index (χ0n) is 34.6.